The minimum atomic E-state index is -0.106. The van der Waals surface area contributed by atoms with E-state index < -0.39 is 0 Å². The van der Waals surface area contributed by atoms with Crippen LogP contribution in [-0.2, 0) is 10.8 Å². The Kier molecular flexibility index (Phi) is 6.73. The minimum Gasteiger partial charge on any atom is -0.377 e. The van der Waals surface area contributed by atoms with Crippen LogP contribution in [0.2, 0.25) is 10.0 Å². The van der Waals surface area contributed by atoms with Gasteiger partial charge in [0.1, 0.15) is 0 Å². The summed E-state index contributed by atoms with van der Waals surface area (Å²) in [5, 5.41) is 1.59. The molecule has 198 valence electrons. The van der Waals surface area contributed by atoms with Crippen molar-refractivity contribution in [1.29, 1.82) is 0 Å². The summed E-state index contributed by atoms with van der Waals surface area (Å²) in [4.78, 5) is 4.57. The van der Waals surface area contributed by atoms with Crippen LogP contribution in [0.5, 0.6) is 0 Å². The Morgan fingerprint density at radius 2 is 1.50 bits per heavy atom. The predicted octanol–water partition coefficient (Wildman–Crippen LogP) is 9.46. The number of fused-ring (bicyclic) bond motifs is 2. The van der Waals surface area contributed by atoms with Crippen LogP contribution in [0.3, 0.4) is 0 Å². The van der Waals surface area contributed by atoms with Crippen LogP contribution in [0, 0.1) is 0 Å². The lowest BCUT2D eigenvalue weighted by atomic mass is 9.81. The Bertz CT molecular complexity index is 1480. The molecule has 0 saturated heterocycles. The van der Waals surface area contributed by atoms with Gasteiger partial charge >= 0.3 is 0 Å². The molecule has 0 radical (unpaired) electrons. The maximum atomic E-state index is 6.36. The highest BCUT2D eigenvalue weighted by atomic mass is 35.5. The maximum Gasteiger partial charge on any atom is 0.0449 e. The first-order chi connectivity index (χ1) is 17.8. The molecule has 0 atom stereocenters. The van der Waals surface area contributed by atoms with Gasteiger partial charge in [-0.1, -0.05) is 75.2 Å². The standard InChI is InChI=1S/C34H38Cl2N2/c1-21-26-15-13-24(35)19-28(26)33(2,3)27(21)16-11-22-9-10-23(32(22)37(6)7)12-18-31-34(4,5)29-20-25(36)14-17-30(29)38(31)8/h11-20H,9-10H2,1-8H3/b16-11?,23-12+,31-18?. The van der Waals surface area contributed by atoms with Crippen molar-refractivity contribution in [2.75, 3.05) is 26.0 Å². The molecule has 0 saturated carbocycles. The molecule has 2 aromatic carbocycles. The molecule has 38 heavy (non-hydrogen) atoms. The van der Waals surface area contributed by atoms with Gasteiger partial charge in [-0.25, -0.2) is 0 Å². The number of likely N-dealkylation sites (N-methyl/N-ethyl adjacent to an activating group) is 2. The van der Waals surface area contributed by atoms with Crippen molar-refractivity contribution in [3.8, 4) is 0 Å². The van der Waals surface area contributed by atoms with Crippen LogP contribution in [0.25, 0.3) is 5.57 Å². The molecule has 4 heteroatoms. The zero-order valence-corrected chi connectivity index (χ0v) is 25.3. The molecule has 0 N–H and O–H groups in total. The van der Waals surface area contributed by atoms with Crippen molar-refractivity contribution in [1.82, 2.24) is 4.90 Å². The molecule has 1 heterocycles. The smallest absolute Gasteiger partial charge is 0.0449 e. The van der Waals surface area contributed by atoms with E-state index in [0.717, 1.165) is 22.9 Å². The average molecular weight is 546 g/mol. The molecule has 0 fully saturated rings. The molecule has 0 bridgehead atoms. The number of hydrogen-bond acceptors (Lipinski definition) is 2. The van der Waals surface area contributed by atoms with E-state index in [4.69, 9.17) is 23.2 Å². The minimum absolute atomic E-state index is 0.0715. The average Bonchev–Trinajstić information content (AvgIpc) is 3.39. The zero-order valence-electron chi connectivity index (χ0n) is 23.8. The van der Waals surface area contributed by atoms with E-state index in [9.17, 15) is 0 Å². The number of benzene rings is 2. The maximum absolute atomic E-state index is 6.36. The van der Waals surface area contributed by atoms with Gasteiger partial charge in [0.25, 0.3) is 0 Å². The fourth-order valence-corrected chi connectivity index (χ4v) is 7.08. The van der Waals surface area contributed by atoms with Gasteiger partial charge in [0.15, 0.2) is 0 Å². The first-order valence-corrected chi connectivity index (χ1v) is 14.2. The van der Waals surface area contributed by atoms with Crippen LogP contribution in [0.4, 0.5) is 5.69 Å². The number of nitrogens with zero attached hydrogens (tertiary/aromatic N) is 2. The largest absolute Gasteiger partial charge is 0.377 e. The number of halogens is 2. The van der Waals surface area contributed by atoms with Crippen molar-refractivity contribution in [2.45, 2.75) is 58.3 Å². The third kappa shape index (κ3) is 4.27. The molecule has 2 nitrogen and oxygen atoms in total. The molecular weight excluding hydrogens is 507 g/mol. The third-order valence-corrected chi connectivity index (χ3v) is 9.21. The first kappa shape index (κ1) is 26.9. The topological polar surface area (TPSA) is 6.48 Å². The highest BCUT2D eigenvalue weighted by Crippen LogP contribution is 2.49. The van der Waals surface area contributed by atoms with Gasteiger partial charge in [-0.15, -0.1) is 0 Å². The summed E-state index contributed by atoms with van der Waals surface area (Å²) >= 11 is 12.7. The number of allylic oxidation sites excluding steroid dienone is 9. The molecule has 3 aliphatic rings. The predicted molar refractivity (Wildman–Crippen MR) is 165 cm³/mol. The Hall–Kier alpha value is -2.68. The Labute approximate surface area is 238 Å². The second kappa shape index (κ2) is 9.50. The van der Waals surface area contributed by atoms with Crippen molar-refractivity contribution in [2.24, 2.45) is 0 Å². The van der Waals surface area contributed by atoms with Gasteiger partial charge in [0, 0.05) is 59.1 Å². The summed E-state index contributed by atoms with van der Waals surface area (Å²) in [6.07, 6.45) is 11.4. The summed E-state index contributed by atoms with van der Waals surface area (Å²) in [5.41, 5.74) is 13.0. The normalized spacial score (nSPS) is 21.9. The molecule has 0 aromatic heterocycles. The first-order valence-electron chi connectivity index (χ1n) is 13.4. The highest BCUT2D eigenvalue weighted by molar-refractivity contribution is 6.31. The number of rotatable bonds is 4. The van der Waals surface area contributed by atoms with Crippen molar-refractivity contribution in [3.63, 3.8) is 0 Å². The van der Waals surface area contributed by atoms with E-state index in [1.807, 2.05) is 12.1 Å². The lowest BCUT2D eigenvalue weighted by molar-refractivity contribution is 0.521. The molecule has 2 aliphatic carbocycles. The SMILES string of the molecule is CC1=C(C=CC2=C(N(C)C)/C(=C/C=C3N(C)c4ccc(Cl)cc4C3(C)C)CC2)C(C)(C)c2cc(Cl)ccc21. The van der Waals surface area contributed by atoms with Gasteiger partial charge in [-0.05, 0) is 95.2 Å². The van der Waals surface area contributed by atoms with Gasteiger partial charge < -0.3 is 9.80 Å². The van der Waals surface area contributed by atoms with Crippen LogP contribution < -0.4 is 4.90 Å². The van der Waals surface area contributed by atoms with E-state index in [0.29, 0.717) is 0 Å². The van der Waals surface area contributed by atoms with Crippen LogP contribution in [0.1, 0.15) is 64.2 Å². The monoisotopic (exact) mass is 544 g/mol. The van der Waals surface area contributed by atoms with Crippen LogP contribution >= 0.6 is 23.2 Å². The van der Waals surface area contributed by atoms with E-state index in [1.54, 1.807) is 0 Å². The van der Waals surface area contributed by atoms with E-state index in [-0.39, 0.29) is 10.8 Å². The zero-order chi connectivity index (χ0) is 27.6. The molecule has 2 aromatic rings. The lowest BCUT2D eigenvalue weighted by Crippen LogP contribution is -2.22. The third-order valence-electron chi connectivity index (χ3n) is 8.74. The van der Waals surface area contributed by atoms with Gasteiger partial charge in [0.2, 0.25) is 0 Å². The molecule has 0 amide bonds. The van der Waals surface area contributed by atoms with Gasteiger partial charge in [-0.2, -0.15) is 0 Å². The lowest BCUT2D eigenvalue weighted by Gasteiger charge is -2.24. The van der Waals surface area contributed by atoms with E-state index >= 15 is 0 Å². The summed E-state index contributed by atoms with van der Waals surface area (Å²) in [6.45, 7) is 11.4. The fourth-order valence-electron chi connectivity index (χ4n) is 6.74. The fraction of sp³-hybridized carbons (Fsp3) is 0.353. The Morgan fingerprint density at radius 3 is 2.18 bits per heavy atom. The molecule has 1 aliphatic heterocycles. The molecular formula is C34H38Cl2N2. The Morgan fingerprint density at radius 1 is 0.842 bits per heavy atom. The number of hydrogen-bond donors (Lipinski definition) is 0. The van der Waals surface area contributed by atoms with E-state index in [2.05, 4.69) is 114 Å². The summed E-state index contributed by atoms with van der Waals surface area (Å²) in [7, 11) is 6.46. The van der Waals surface area contributed by atoms with Crippen LogP contribution in [0.15, 0.2) is 88.8 Å². The summed E-state index contributed by atoms with van der Waals surface area (Å²) < 4.78 is 0. The summed E-state index contributed by atoms with van der Waals surface area (Å²) in [6, 6.07) is 12.5. The van der Waals surface area contributed by atoms with E-state index in [1.165, 1.54) is 56.1 Å². The number of anilines is 1. The van der Waals surface area contributed by atoms with Gasteiger partial charge in [0.05, 0.1) is 0 Å². The molecule has 5 rings (SSSR count). The second-order valence-corrected chi connectivity index (χ2v) is 12.9. The Balaban J connectivity index is 1.49. The molecule has 0 spiro atoms. The van der Waals surface area contributed by atoms with Crippen LogP contribution in [-0.4, -0.2) is 26.0 Å². The quantitative estimate of drug-likeness (QED) is 0.378. The summed E-state index contributed by atoms with van der Waals surface area (Å²) in [5.74, 6) is 0. The van der Waals surface area contributed by atoms with Crippen molar-refractivity contribution < 1.29 is 0 Å². The van der Waals surface area contributed by atoms with Crippen molar-refractivity contribution >= 4 is 34.5 Å². The van der Waals surface area contributed by atoms with Crippen molar-refractivity contribution in [3.05, 3.63) is 116 Å². The second-order valence-electron chi connectivity index (χ2n) is 12.0. The highest BCUT2D eigenvalue weighted by Gasteiger charge is 2.38. The van der Waals surface area contributed by atoms with Gasteiger partial charge in [-0.3, -0.25) is 0 Å². The molecule has 0 unspecified atom stereocenters.